The molecule has 0 spiro atoms. The first-order chi connectivity index (χ1) is 23.7. The number of hydrogen-bond donors (Lipinski definition) is 3. The number of Topliss-reactive ketones (excluding diaryl/α,β-unsaturated/α-hetero) is 1. The molecule has 9 heteroatoms. The van der Waals surface area contributed by atoms with Crippen LogP contribution in [-0.2, 0) is 19.1 Å². The Hall–Kier alpha value is -1.71. The Labute approximate surface area is 299 Å². The summed E-state index contributed by atoms with van der Waals surface area (Å²) in [6, 6.07) is 0. The molecule has 0 aromatic heterocycles. The fourth-order valence-electron chi connectivity index (χ4n) is 11.1. The van der Waals surface area contributed by atoms with E-state index in [-0.39, 0.29) is 62.7 Å². The second-order valence-corrected chi connectivity index (χ2v) is 16.8. The van der Waals surface area contributed by atoms with Crippen LogP contribution in [0.3, 0.4) is 0 Å². The average molecular weight is 709 g/mol. The molecule has 286 valence electrons. The lowest BCUT2D eigenvalue weighted by Crippen LogP contribution is -2.72. The zero-order valence-corrected chi connectivity index (χ0v) is 31.4. The molecule has 50 heavy (non-hydrogen) atoms. The molecule has 0 heterocycles. The number of aliphatic hydroxyl groups is 3. The van der Waals surface area contributed by atoms with Gasteiger partial charge in [-0.05, 0) is 61.5 Å². The van der Waals surface area contributed by atoms with Gasteiger partial charge in [0.05, 0.1) is 11.5 Å². The number of ketones is 2. The standard InChI is InChI=1S/C41H66F2O7/c1-5-7-8-9-10-11-12-13-14-15-16-17-18-19-36(47)50-28-35(46)39(40(48,49)22-6-2)24-21-30-31-26-33(42)32-25-29(44)20-23-37(32,3)41(31,43)34(45)27-38(30,39)4/h25,30-31,33-34,45,48-49H,5-24,26-28H2,1-4H3/t30-,31-,33?,34?,37-,38-,39-,41-/m0/s1. The molecular weight excluding hydrogens is 642 g/mol. The number of unbranched alkanes of at least 4 members (excludes halogenated alkanes) is 12. The first-order valence-corrected chi connectivity index (χ1v) is 20.1. The van der Waals surface area contributed by atoms with Gasteiger partial charge < -0.3 is 20.1 Å². The number of aliphatic hydroxyl groups excluding tert-OH is 1. The van der Waals surface area contributed by atoms with Crippen LogP contribution in [0.5, 0.6) is 0 Å². The van der Waals surface area contributed by atoms with Crippen LogP contribution in [0, 0.1) is 28.1 Å². The molecule has 0 aliphatic heterocycles. The van der Waals surface area contributed by atoms with E-state index in [0.29, 0.717) is 12.8 Å². The summed E-state index contributed by atoms with van der Waals surface area (Å²) in [5, 5.41) is 35.1. The van der Waals surface area contributed by atoms with E-state index in [2.05, 4.69) is 6.92 Å². The monoisotopic (exact) mass is 708 g/mol. The van der Waals surface area contributed by atoms with Crippen LogP contribution < -0.4 is 0 Å². The summed E-state index contributed by atoms with van der Waals surface area (Å²) in [7, 11) is 0. The number of fused-ring (bicyclic) bond motifs is 5. The van der Waals surface area contributed by atoms with Crippen molar-refractivity contribution in [3.8, 4) is 0 Å². The number of hydrogen-bond acceptors (Lipinski definition) is 7. The van der Waals surface area contributed by atoms with E-state index in [9.17, 15) is 29.7 Å². The highest BCUT2D eigenvalue weighted by Crippen LogP contribution is 2.74. The van der Waals surface area contributed by atoms with E-state index < -0.39 is 70.2 Å². The second kappa shape index (κ2) is 17.0. The lowest BCUT2D eigenvalue weighted by Gasteiger charge is -2.65. The Morgan fingerprint density at radius 2 is 1.48 bits per heavy atom. The lowest BCUT2D eigenvalue weighted by atomic mass is 9.41. The van der Waals surface area contributed by atoms with E-state index in [4.69, 9.17) is 4.74 Å². The highest BCUT2D eigenvalue weighted by molar-refractivity contribution is 5.92. The van der Waals surface area contributed by atoms with Gasteiger partial charge in [-0.1, -0.05) is 111 Å². The predicted octanol–water partition coefficient (Wildman–Crippen LogP) is 8.59. The number of halogens is 2. The maximum absolute atomic E-state index is 17.7. The van der Waals surface area contributed by atoms with Gasteiger partial charge in [-0.15, -0.1) is 0 Å². The van der Waals surface area contributed by atoms with Gasteiger partial charge in [0.2, 0.25) is 0 Å². The lowest BCUT2D eigenvalue weighted by molar-refractivity contribution is -0.292. The van der Waals surface area contributed by atoms with Gasteiger partial charge in [-0.25, -0.2) is 8.78 Å². The smallest absolute Gasteiger partial charge is 0.306 e. The van der Waals surface area contributed by atoms with Crippen molar-refractivity contribution in [2.75, 3.05) is 6.61 Å². The third-order valence-electron chi connectivity index (χ3n) is 13.8. The van der Waals surface area contributed by atoms with Crippen molar-refractivity contribution in [2.24, 2.45) is 28.1 Å². The molecule has 3 saturated carbocycles. The zero-order chi connectivity index (χ0) is 36.8. The van der Waals surface area contributed by atoms with Crippen LogP contribution in [0.4, 0.5) is 8.78 Å². The van der Waals surface area contributed by atoms with E-state index in [0.717, 1.165) is 19.3 Å². The minimum Gasteiger partial charge on any atom is -0.458 e. The first-order valence-electron chi connectivity index (χ1n) is 20.1. The topological polar surface area (TPSA) is 121 Å². The third kappa shape index (κ3) is 7.53. The van der Waals surface area contributed by atoms with Gasteiger partial charge in [0, 0.05) is 30.6 Å². The van der Waals surface area contributed by atoms with Crippen molar-refractivity contribution in [1.29, 1.82) is 0 Å². The van der Waals surface area contributed by atoms with Gasteiger partial charge in [0.25, 0.3) is 0 Å². The highest BCUT2D eigenvalue weighted by Gasteiger charge is 2.78. The van der Waals surface area contributed by atoms with E-state index in [1.54, 1.807) is 20.8 Å². The normalized spacial score (nSPS) is 35.2. The number of alkyl halides is 2. The Bertz CT molecular complexity index is 1220. The molecule has 4 aliphatic rings. The summed E-state index contributed by atoms with van der Waals surface area (Å²) < 4.78 is 39.0. The zero-order valence-electron chi connectivity index (χ0n) is 31.4. The first kappa shape index (κ1) is 41.1. The van der Waals surface area contributed by atoms with Crippen molar-refractivity contribution >= 4 is 17.5 Å². The summed E-state index contributed by atoms with van der Waals surface area (Å²) in [5.74, 6) is -5.60. The van der Waals surface area contributed by atoms with E-state index >= 15 is 8.78 Å². The van der Waals surface area contributed by atoms with Crippen molar-refractivity contribution in [2.45, 2.75) is 193 Å². The molecular formula is C41H66F2O7. The summed E-state index contributed by atoms with van der Waals surface area (Å²) in [4.78, 5) is 39.3. The van der Waals surface area contributed by atoms with E-state index in [1.807, 2.05) is 0 Å². The number of rotatable bonds is 20. The Morgan fingerprint density at radius 3 is 2.06 bits per heavy atom. The molecule has 0 amide bonds. The molecule has 0 saturated heterocycles. The van der Waals surface area contributed by atoms with Crippen LogP contribution in [0.2, 0.25) is 0 Å². The molecule has 3 N–H and O–H groups in total. The molecule has 3 fully saturated rings. The second-order valence-electron chi connectivity index (χ2n) is 16.8. The van der Waals surface area contributed by atoms with Crippen LogP contribution in [0.25, 0.3) is 0 Å². The van der Waals surface area contributed by atoms with Crippen LogP contribution in [-0.4, -0.2) is 63.2 Å². The summed E-state index contributed by atoms with van der Waals surface area (Å²) in [6.45, 7) is 6.64. The van der Waals surface area contributed by atoms with Crippen LogP contribution in [0.1, 0.15) is 169 Å². The highest BCUT2D eigenvalue weighted by atomic mass is 19.1. The van der Waals surface area contributed by atoms with Crippen LogP contribution >= 0.6 is 0 Å². The van der Waals surface area contributed by atoms with Gasteiger partial charge in [0.15, 0.2) is 24.0 Å². The SMILES string of the molecule is CCCCCCCCCCCCCCCC(=O)OCC(=O)[C@@]1(C(O)(O)CCC)CC[C@H]2[C@@H]3CC(F)C4=CC(=O)CC[C@]4(C)[C@@]3(F)C(O)C[C@@]21C. The molecule has 8 atom stereocenters. The van der Waals surface area contributed by atoms with Gasteiger partial charge >= 0.3 is 5.97 Å². The Kier molecular flexibility index (Phi) is 13.9. The molecule has 0 aromatic rings. The molecule has 0 radical (unpaired) electrons. The number of ether oxygens (including phenoxy) is 1. The van der Waals surface area contributed by atoms with Gasteiger partial charge in [-0.3, -0.25) is 14.4 Å². The third-order valence-corrected chi connectivity index (χ3v) is 13.8. The maximum Gasteiger partial charge on any atom is 0.306 e. The minimum atomic E-state index is -2.52. The van der Waals surface area contributed by atoms with E-state index in [1.165, 1.54) is 63.9 Å². The number of carbonyl (C=O) groups is 3. The minimum absolute atomic E-state index is 0.00937. The molecule has 7 nitrogen and oxygen atoms in total. The average Bonchev–Trinajstić information content (AvgIpc) is 3.38. The number of allylic oxidation sites excluding steroid dienone is 1. The molecule has 4 aliphatic carbocycles. The predicted molar refractivity (Wildman–Crippen MR) is 190 cm³/mol. The molecule has 2 unspecified atom stereocenters. The van der Waals surface area contributed by atoms with Gasteiger partial charge in [0.1, 0.15) is 11.8 Å². The fourth-order valence-corrected chi connectivity index (χ4v) is 11.1. The molecule has 0 bridgehead atoms. The largest absolute Gasteiger partial charge is 0.458 e. The summed E-state index contributed by atoms with van der Waals surface area (Å²) >= 11 is 0. The Morgan fingerprint density at radius 1 is 0.900 bits per heavy atom. The quantitative estimate of drug-likeness (QED) is 0.0658. The van der Waals surface area contributed by atoms with Crippen molar-refractivity contribution in [1.82, 2.24) is 0 Å². The Balaban J connectivity index is 1.37. The van der Waals surface area contributed by atoms with Crippen LogP contribution in [0.15, 0.2) is 11.6 Å². The van der Waals surface area contributed by atoms with Gasteiger partial charge in [-0.2, -0.15) is 0 Å². The number of esters is 1. The summed E-state index contributed by atoms with van der Waals surface area (Å²) in [5.41, 5.74) is -6.74. The van der Waals surface area contributed by atoms with Crippen molar-refractivity contribution in [3.63, 3.8) is 0 Å². The number of carbonyl (C=O) groups excluding carboxylic acids is 3. The maximum atomic E-state index is 17.7. The van der Waals surface area contributed by atoms with Crippen molar-refractivity contribution < 1.29 is 43.2 Å². The molecule has 4 rings (SSSR count). The van der Waals surface area contributed by atoms with Crippen molar-refractivity contribution in [3.05, 3.63) is 11.6 Å². The fraction of sp³-hybridized carbons (Fsp3) is 0.878. The summed E-state index contributed by atoms with van der Waals surface area (Å²) in [6.07, 6.45) is 13.5. The molecule has 0 aromatic carbocycles.